The number of hydrogen-bond acceptors (Lipinski definition) is 5. The molecule has 25 heavy (non-hydrogen) atoms. The number of likely N-dealkylation sites (tertiary alicyclic amines) is 1. The maximum Gasteiger partial charge on any atom is 0.260 e. The Hall–Kier alpha value is -2.28. The highest BCUT2D eigenvalue weighted by atomic mass is 16.5. The van der Waals surface area contributed by atoms with E-state index < -0.39 is 0 Å². The van der Waals surface area contributed by atoms with E-state index in [9.17, 15) is 9.59 Å². The van der Waals surface area contributed by atoms with Gasteiger partial charge in [0.05, 0.1) is 6.61 Å². The summed E-state index contributed by atoms with van der Waals surface area (Å²) in [6.45, 7) is 4.63. The highest BCUT2D eigenvalue weighted by Gasteiger charge is 2.18. The minimum atomic E-state index is -0.220. The number of hydrogen-bond donors (Lipinski definition) is 2. The van der Waals surface area contributed by atoms with Crippen LogP contribution in [0.4, 0.5) is 0 Å². The molecule has 1 heterocycles. The molecule has 138 valence electrons. The monoisotopic (exact) mass is 349 g/mol. The third kappa shape index (κ3) is 5.63. The minimum absolute atomic E-state index is 0.0214. The largest absolute Gasteiger partial charge is 0.490 e. The predicted molar refractivity (Wildman–Crippen MR) is 94.9 cm³/mol. The Labute approximate surface area is 148 Å². The van der Waals surface area contributed by atoms with Gasteiger partial charge in [-0.1, -0.05) is 0 Å². The quantitative estimate of drug-likeness (QED) is 0.735. The Bertz CT molecular complexity index is 586. The lowest BCUT2D eigenvalue weighted by Gasteiger charge is -2.26. The molecule has 1 aromatic rings. The van der Waals surface area contributed by atoms with Gasteiger partial charge in [-0.3, -0.25) is 9.59 Å². The number of carbonyl (C=O) groups is 2. The molecule has 0 spiro atoms. The van der Waals surface area contributed by atoms with Gasteiger partial charge in [0.1, 0.15) is 0 Å². The first-order chi connectivity index (χ1) is 12.2. The third-order valence-corrected chi connectivity index (χ3v) is 4.00. The zero-order chi connectivity index (χ0) is 18.1. The first-order valence-electron chi connectivity index (χ1n) is 8.81. The molecule has 1 fully saturated rings. The first kappa shape index (κ1) is 19.1. The second kappa shape index (κ2) is 9.88. The standard InChI is InChI=1S/C18H27N3O4/c1-2-24-16-12-14(18(23)20-9-8-19)6-7-15(16)25-13-17(22)21-10-4-3-5-11-21/h6-7,12H,2-5,8-11,13,19H2,1H3,(H,20,23). The van der Waals surface area contributed by atoms with E-state index in [1.807, 2.05) is 11.8 Å². The van der Waals surface area contributed by atoms with E-state index in [1.54, 1.807) is 18.2 Å². The molecule has 0 atom stereocenters. The van der Waals surface area contributed by atoms with Crippen molar-refractivity contribution in [3.63, 3.8) is 0 Å². The number of piperidine rings is 1. The van der Waals surface area contributed by atoms with Crippen LogP contribution in [-0.4, -0.2) is 56.1 Å². The fourth-order valence-electron chi connectivity index (χ4n) is 2.70. The molecule has 7 heteroatoms. The molecule has 0 saturated carbocycles. The van der Waals surface area contributed by atoms with Gasteiger partial charge in [-0.25, -0.2) is 0 Å². The molecule has 7 nitrogen and oxygen atoms in total. The van der Waals surface area contributed by atoms with Crippen molar-refractivity contribution in [2.75, 3.05) is 39.4 Å². The summed E-state index contributed by atoms with van der Waals surface area (Å²) in [7, 11) is 0. The molecule has 0 bridgehead atoms. The SMILES string of the molecule is CCOc1cc(C(=O)NCCN)ccc1OCC(=O)N1CCCCC1. The van der Waals surface area contributed by atoms with E-state index in [2.05, 4.69) is 5.32 Å². The Kier molecular flexibility index (Phi) is 7.53. The molecule has 3 N–H and O–H groups in total. The summed E-state index contributed by atoms with van der Waals surface area (Å²) in [5.74, 6) is 0.672. The number of rotatable bonds is 8. The summed E-state index contributed by atoms with van der Waals surface area (Å²) in [5.41, 5.74) is 5.86. The summed E-state index contributed by atoms with van der Waals surface area (Å²) >= 11 is 0. The average Bonchev–Trinajstić information content (AvgIpc) is 2.65. The van der Waals surface area contributed by atoms with Gasteiger partial charge in [0.15, 0.2) is 18.1 Å². The highest BCUT2D eigenvalue weighted by molar-refractivity contribution is 5.94. The van der Waals surface area contributed by atoms with Gasteiger partial charge in [-0.05, 0) is 44.4 Å². The van der Waals surface area contributed by atoms with Crippen molar-refractivity contribution in [1.29, 1.82) is 0 Å². The van der Waals surface area contributed by atoms with Crippen molar-refractivity contribution in [3.05, 3.63) is 23.8 Å². The maximum atomic E-state index is 12.2. The average molecular weight is 349 g/mol. The molecular weight excluding hydrogens is 322 g/mol. The maximum absolute atomic E-state index is 12.2. The van der Waals surface area contributed by atoms with Crippen LogP contribution in [0.15, 0.2) is 18.2 Å². The van der Waals surface area contributed by atoms with Crippen molar-refractivity contribution >= 4 is 11.8 Å². The van der Waals surface area contributed by atoms with Gasteiger partial charge >= 0.3 is 0 Å². The van der Waals surface area contributed by atoms with E-state index in [4.69, 9.17) is 15.2 Å². The van der Waals surface area contributed by atoms with Gasteiger partial charge in [0.2, 0.25) is 0 Å². The highest BCUT2D eigenvalue weighted by Crippen LogP contribution is 2.28. The lowest BCUT2D eigenvalue weighted by Crippen LogP contribution is -2.38. The van der Waals surface area contributed by atoms with Crippen LogP contribution < -0.4 is 20.5 Å². The summed E-state index contributed by atoms with van der Waals surface area (Å²) in [5, 5.41) is 2.71. The summed E-state index contributed by atoms with van der Waals surface area (Å²) in [4.78, 5) is 26.1. The zero-order valence-corrected chi connectivity index (χ0v) is 14.8. The second-order valence-electron chi connectivity index (χ2n) is 5.87. The lowest BCUT2D eigenvalue weighted by atomic mass is 10.1. The van der Waals surface area contributed by atoms with Gasteiger partial charge in [0, 0.05) is 31.7 Å². The number of carbonyl (C=O) groups excluding carboxylic acids is 2. The molecule has 1 aliphatic heterocycles. The Morgan fingerprint density at radius 3 is 2.60 bits per heavy atom. The second-order valence-corrected chi connectivity index (χ2v) is 5.87. The van der Waals surface area contributed by atoms with Crippen molar-refractivity contribution in [2.45, 2.75) is 26.2 Å². The van der Waals surface area contributed by atoms with E-state index in [1.165, 1.54) is 6.42 Å². The molecule has 0 aromatic heterocycles. The first-order valence-corrected chi connectivity index (χ1v) is 8.81. The topological polar surface area (TPSA) is 93.9 Å². The van der Waals surface area contributed by atoms with Crippen LogP contribution in [0.3, 0.4) is 0 Å². The molecule has 2 amide bonds. The number of benzene rings is 1. The van der Waals surface area contributed by atoms with Crippen LogP contribution in [0.5, 0.6) is 11.5 Å². The van der Waals surface area contributed by atoms with Crippen LogP contribution >= 0.6 is 0 Å². The number of ether oxygens (including phenoxy) is 2. The zero-order valence-electron chi connectivity index (χ0n) is 14.8. The van der Waals surface area contributed by atoms with E-state index in [-0.39, 0.29) is 18.4 Å². The number of nitrogens with one attached hydrogen (secondary N) is 1. The molecule has 1 saturated heterocycles. The summed E-state index contributed by atoms with van der Waals surface area (Å²) < 4.78 is 11.2. The van der Waals surface area contributed by atoms with Crippen LogP contribution in [0, 0.1) is 0 Å². The third-order valence-electron chi connectivity index (χ3n) is 4.00. The Balaban J connectivity index is 2.01. The van der Waals surface area contributed by atoms with Crippen LogP contribution in [-0.2, 0) is 4.79 Å². The van der Waals surface area contributed by atoms with Crippen molar-refractivity contribution in [3.8, 4) is 11.5 Å². The van der Waals surface area contributed by atoms with E-state index in [0.717, 1.165) is 25.9 Å². The minimum Gasteiger partial charge on any atom is -0.490 e. The molecule has 2 rings (SSSR count). The van der Waals surface area contributed by atoms with Gasteiger partial charge < -0.3 is 25.4 Å². The lowest BCUT2D eigenvalue weighted by molar-refractivity contribution is -0.134. The summed E-state index contributed by atoms with van der Waals surface area (Å²) in [6.07, 6.45) is 3.26. The molecule has 0 unspecified atom stereocenters. The fourth-order valence-corrected chi connectivity index (χ4v) is 2.70. The Morgan fingerprint density at radius 1 is 1.16 bits per heavy atom. The van der Waals surface area contributed by atoms with Crippen LogP contribution in [0.2, 0.25) is 0 Å². The van der Waals surface area contributed by atoms with Crippen molar-refractivity contribution in [1.82, 2.24) is 10.2 Å². The number of nitrogens with zero attached hydrogens (tertiary/aromatic N) is 1. The molecule has 0 aliphatic carbocycles. The molecular formula is C18H27N3O4. The molecule has 1 aliphatic rings. The van der Waals surface area contributed by atoms with Crippen LogP contribution in [0.1, 0.15) is 36.5 Å². The van der Waals surface area contributed by atoms with Gasteiger partial charge in [-0.15, -0.1) is 0 Å². The smallest absolute Gasteiger partial charge is 0.260 e. The molecule has 0 radical (unpaired) electrons. The predicted octanol–water partition coefficient (Wildman–Crippen LogP) is 1.17. The number of amides is 2. The Morgan fingerprint density at radius 2 is 1.92 bits per heavy atom. The van der Waals surface area contributed by atoms with Gasteiger partial charge in [0.25, 0.3) is 11.8 Å². The molecule has 1 aromatic carbocycles. The number of nitrogens with two attached hydrogens (primary N) is 1. The van der Waals surface area contributed by atoms with Crippen LogP contribution in [0.25, 0.3) is 0 Å². The van der Waals surface area contributed by atoms with Gasteiger partial charge in [-0.2, -0.15) is 0 Å². The van der Waals surface area contributed by atoms with E-state index >= 15 is 0 Å². The summed E-state index contributed by atoms with van der Waals surface area (Å²) in [6, 6.07) is 4.93. The van der Waals surface area contributed by atoms with E-state index in [0.29, 0.717) is 36.8 Å². The van der Waals surface area contributed by atoms with Crippen molar-refractivity contribution < 1.29 is 19.1 Å². The fraction of sp³-hybridized carbons (Fsp3) is 0.556. The van der Waals surface area contributed by atoms with Crippen molar-refractivity contribution in [2.24, 2.45) is 5.73 Å². The normalized spacial score (nSPS) is 14.1.